The second kappa shape index (κ2) is 6.37. The smallest absolute Gasteiger partial charge is 0.252 e. The Bertz CT molecular complexity index is 977. The van der Waals surface area contributed by atoms with Gasteiger partial charge in [-0.05, 0) is 54.6 Å². The fourth-order valence-electron chi connectivity index (χ4n) is 3.56. The number of hydrogen-bond acceptors (Lipinski definition) is 3. The zero-order valence-corrected chi connectivity index (χ0v) is 14.6. The van der Waals surface area contributed by atoms with Crippen molar-refractivity contribution in [3.8, 4) is 5.75 Å². The lowest BCUT2D eigenvalue weighted by Crippen LogP contribution is -2.41. The minimum Gasteiger partial charge on any atom is -0.497 e. The van der Waals surface area contributed by atoms with Crippen LogP contribution in [-0.4, -0.2) is 23.5 Å². The SMILES string of the molecule is COc1cccc([C@@H]2CCN2Cc2cc3cc(C)ccc3[nH]c2=O)c1. The van der Waals surface area contributed by atoms with Crippen molar-refractivity contribution < 1.29 is 4.74 Å². The number of benzene rings is 2. The number of aryl methyl sites for hydroxylation is 1. The monoisotopic (exact) mass is 334 g/mol. The first-order valence-corrected chi connectivity index (χ1v) is 8.64. The van der Waals surface area contributed by atoms with Crippen LogP contribution in [-0.2, 0) is 6.54 Å². The van der Waals surface area contributed by atoms with Gasteiger partial charge in [0.05, 0.1) is 7.11 Å². The Morgan fingerprint density at radius 1 is 1.20 bits per heavy atom. The number of aromatic nitrogens is 1. The van der Waals surface area contributed by atoms with Gasteiger partial charge in [-0.2, -0.15) is 0 Å². The number of ether oxygens (including phenoxy) is 1. The molecule has 1 fully saturated rings. The normalized spacial score (nSPS) is 17.4. The standard InChI is InChI=1S/C21H22N2O2/c1-14-6-7-19-16(10-14)11-17(21(24)22-19)13-23-9-8-20(23)15-4-3-5-18(12-15)25-2/h3-7,10-12,20H,8-9,13H2,1-2H3,(H,22,24)/t20-/m0/s1. The first kappa shape index (κ1) is 15.9. The molecule has 0 aliphatic carbocycles. The molecule has 2 aromatic carbocycles. The van der Waals surface area contributed by atoms with E-state index in [1.807, 2.05) is 30.3 Å². The number of nitrogens with zero attached hydrogens (tertiary/aromatic N) is 1. The molecule has 1 aliphatic heterocycles. The summed E-state index contributed by atoms with van der Waals surface area (Å²) in [5.41, 5.74) is 4.17. The fraction of sp³-hybridized carbons (Fsp3) is 0.286. The minimum atomic E-state index is 0.00708. The number of nitrogens with one attached hydrogen (secondary N) is 1. The minimum absolute atomic E-state index is 0.00708. The first-order chi connectivity index (χ1) is 12.1. The van der Waals surface area contributed by atoms with Gasteiger partial charge in [-0.25, -0.2) is 0 Å². The summed E-state index contributed by atoms with van der Waals surface area (Å²) in [6.45, 7) is 3.74. The first-order valence-electron chi connectivity index (χ1n) is 8.64. The van der Waals surface area contributed by atoms with Gasteiger partial charge < -0.3 is 9.72 Å². The molecular formula is C21H22N2O2. The molecule has 25 heavy (non-hydrogen) atoms. The second-order valence-electron chi connectivity index (χ2n) is 6.77. The van der Waals surface area contributed by atoms with E-state index in [9.17, 15) is 4.79 Å². The van der Waals surface area contributed by atoms with Crippen molar-refractivity contribution in [3.05, 3.63) is 75.6 Å². The van der Waals surface area contributed by atoms with Crippen LogP contribution >= 0.6 is 0 Å². The van der Waals surface area contributed by atoms with Crippen LogP contribution in [0.1, 0.15) is 29.2 Å². The number of hydrogen-bond donors (Lipinski definition) is 1. The maximum Gasteiger partial charge on any atom is 0.252 e. The molecule has 0 spiro atoms. The molecule has 0 bridgehead atoms. The summed E-state index contributed by atoms with van der Waals surface area (Å²) >= 11 is 0. The van der Waals surface area contributed by atoms with Crippen molar-refractivity contribution in [1.29, 1.82) is 0 Å². The van der Waals surface area contributed by atoms with E-state index < -0.39 is 0 Å². The van der Waals surface area contributed by atoms with Gasteiger partial charge >= 0.3 is 0 Å². The highest BCUT2D eigenvalue weighted by molar-refractivity contribution is 5.79. The molecule has 0 amide bonds. The van der Waals surface area contributed by atoms with Crippen LogP contribution in [0.5, 0.6) is 5.75 Å². The van der Waals surface area contributed by atoms with E-state index in [2.05, 4.69) is 35.0 Å². The lowest BCUT2D eigenvalue weighted by atomic mass is 9.94. The van der Waals surface area contributed by atoms with Crippen molar-refractivity contribution in [2.75, 3.05) is 13.7 Å². The molecule has 3 aromatic rings. The third-order valence-electron chi connectivity index (χ3n) is 5.06. The number of pyridine rings is 1. The number of aromatic amines is 1. The van der Waals surface area contributed by atoms with Gasteiger partial charge in [0.2, 0.25) is 0 Å². The van der Waals surface area contributed by atoms with Crippen LogP contribution in [0.15, 0.2) is 53.3 Å². The quantitative estimate of drug-likeness (QED) is 0.789. The summed E-state index contributed by atoms with van der Waals surface area (Å²) < 4.78 is 5.33. The molecule has 4 nitrogen and oxygen atoms in total. The van der Waals surface area contributed by atoms with Gasteiger partial charge in [0.15, 0.2) is 0 Å². The van der Waals surface area contributed by atoms with E-state index in [0.717, 1.165) is 35.2 Å². The maximum atomic E-state index is 12.4. The zero-order valence-electron chi connectivity index (χ0n) is 14.6. The van der Waals surface area contributed by atoms with Crippen molar-refractivity contribution >= 4 is 10.9 Å². The summed E-state index contributed by atoms with van der Waals surface area (Å²) in [7, 11) is 1.69. The van der Waals surface area contributed by atoms with Gasteiger partial charge in [0.25, 0.3) is 5.56 Å². The number of fused-ring (bicyclic) bond motifs is 1. The van der Waals surface area contributed by atoms with Crippen LogP contribution in [0.3, 0.4) is 0 Å². The molecular weight excluding hydrogens is 312 g/mol. The third-order valence-corrected chi connectivity index (χ3v) is 5.06. The van der Waals surface area contributed by atoms with E-state index in [1.165, 1.54) is 11.1 Å². The summed E-state index contributed by atoms with van der Waals surface area (Å²) in [5.74, 6) is 0.878. The summed E-state index contributed by atoms with van der Waals surface area (Å²) in [6, 6.07) is 16.7. The molecule has 4 heteroatoms. The molecule has 128 valence electrons. The van der Waals surface area contributed by atoms with Gasteiger partial charge in [0, 0.05) is 30.2 Å². The predicted molar refractivity (Wildman–Crippen MR) is 100 cm³/mol. The molecule has 4 rings (SSSR count). The Kier molecular flexibility index (Phi) is 4.06. The van der Waals surface area contributed by atoms with Crippen molar-refractivity contribution in [2.24, 2.45) is 0 Å². The Morgan fingerprint density at radius 2 is 2.08 bits per heavy atom. The molecule has 1 aliphatic rings. The summed E-state index contributed by atoms with van der Waals surface area (Å²) in [5, 5.41) is 1.09. The molecule has 0 saturated carbocycles. The highest BCUT2D eigenvalue weighted by Gasteiger charge is 2.30. The molecule has 1 N–H and O–H groups in total. The average Bonchev–Trinajstić information content (AvgIpc) is 2.59. The number of likely N-dealkylation sites (tertiary alicyclic amines) is 1. The highest BCUT2D eigenvalue weighted by Crippen LogP contribution is 2.35. The van der Waals surface area contributed by atoms with E-state index in [4.69, 9.17) is 4.74 Å². The van der Waals surface area contributed by atoms with Crippen LogP contribution < -0.4 is 10.3 Å². The van der Waals surface area contributed by atoms with Crippen LogP contribution in [0, 0.1) is 6.92 Å². The van der Waals surface area contributed by atoms with Crippen molar-refractivity contribution in [3.63, 3.8) is 0 Å². The van der Waals surface area contributed by atoms with E-state index in [-0.39, 0.29) is 5.56 Å². The van der Waals surface area contributed by atoms with Crippen LogP contribution in [0.25, 0.3) is 10.9 Å². The van der Waals surface area contributed by atoms with Crippen LogP contribution in [0.2, 0.25) is 0 Å². The highest BCUT2D eigenvalue weighted by atomic mass is 16.5. The second-order valence-corrected chi connectivity index (χ2v) is 6.77. The van der Waals surface area contributed by atoms with Crippen molar-refractivity contribution in [1.82, 2.24) is 9.88 Å². The van der Waals surface area contributed by atoms with Gasteiger partial charge in [-0.3, -0.25) is 9.69 Å². The van der Waals surface area contributed by atoms with E-state index in [1.54, 1.807) is 7.11 Å². The molecule has 1 aromatic heterocycles. The van der Waals surface area contributed by atoms with Crippen LogP contribution in [0.4, 0.5) is 0 Å². The Labute approximate surface area is 147 Å². The predicted octanol–water partition coefficient (Wildman–Crippen LogP) is 3.79. The Balaban J connectivity index is 1.60. The molecule has 0 radical (unpaired) electrons. The maximum absolute atomic E-state index is 12.4. The Hall–Kier alpha value is -2.59. The van der Waals surface area contributed by atoms with Crippen molar-refractivity contribution in [2.45, 2.75) is 25.9 Å². The molecule has 1 atom stereocenters. The van der Waals surface area contributed by atoms with Gasteiger partial charge in [-0.1, -0.05) is 23.8 Å². The van der Waals surface area contributed by atoms with E-state index in [0.29, 0.717) is 12.6 Å². The Morgan fingerprint density at radius 3 is 2.84 bits per heavy atom. The summed E-state index contributed by atoms with van der Waals surface area (Å²) in [4.78, 5) is 17.8. The topological polar surface area (TPSA) is 45.3 Å². The average molecular weight is 334 g/mol. The largest absolute Gasteiger partial charge is 0.497 e. The lowest BCUT2D eigenvalue weighted by Gasteiger charge is -2.41. The van der Waals surface area contributed by atoms with Gasteiger partial charge in [-0.15, -0.1) is 0 Å². The van der Waals surface area contributed by atoms with E-state index >= 15 is 0 Å². The number of H-pyrrole nitrogens is 1. The summed E-state index contributed by atoms with van der Waals surface area (Å²) in [6.07, 6.45) is 1.11. The molecule has 0 unspecified atom stereocenters. The molecule has 2 heterocycles. The lowest BCUT2D eigenvalue weighted by molar-refractivity contribution is 0.0813. The number of methoxy groups -OCH3 is 1. The number of rotatable bonds is 4. The fourth-order valence-corrected chi connectivity index (χ4v) is 3.56. The molecule has 1 saturated heterocycles. The third kappa shape index (κ3) is 3.05. The zero-order chi connectivity index (χ0) is 17.4. The van der Waals surface area contributed by atoms with Gasteiger partial charge in [0.1, 0.15) is 5.75 Å².